The van der Waals surface area contributed by atoms with Gasteiger partial charge in [-0.05, 0) is 31.4 Å². The van der Waals surface area contributed by atoms with Gasteiger partial charge in [0.2, 0.25) is 0 Å². The number of aliphatic hydroxyl groups excluding tert-OH is 1. The molecule has 114 valence electrons. The first-order valence-corrected chi connectivity index (χ1v) is 8.80. The summed E-state index contributed by atoms with van der Waals surface area (Å²) in [6.07, 6.45) is 2.04. The Hall–Kier alpha value is -1.07. The highest BCUT2D eigenvalue weighted by Gasteiger charge is 2.27. The average molecular weight is 299 g/mol. The molecular formula is C15H25NO3S. The second-order valence-electron chi connectivity index (χ2n) is 5.09. The Morgan fingerprint density at radius 3 is 2.25 bits per heavy atom. The summed E-state index contributed by atoms with van der Waals surface area (Å²) in [6, 6.07) is 6.92. The zero-order valence-corrected chi connectivity index (χ0v) is 13.3. The van der Waals surface area contributed by atoms with E-state index in [-0.39, 0.29) is 12.4 Å². The molecular weight excluding hydrogens is 274 g/mol. The summed E-state index contributed by atoms with van der Waals surface area (Å²) >= 11 is 0. The van der Waals surface area contributed by atoms with E-state index >= 15 is 0 Å². The van der Waals surface area contributed by atoms with Crippen molar-refractivity contribution in [3.05, 3.63) is 24.3 Å². The molecule has 20 heavy (non-hydrogen) atoms. The minimum absolute atomic E-state index is 0.0256. The highest BCUT2D eigenvalue weighted by Crippen LogP contribution is 2.28. The van der Waals surface area contributed by atoms with Crippen LogP contribution in [0.4, 0.5) is 5.69 Å². The molecule has 0 aromatic heterocycles. The molecule has 1 aromatic rings. The molecule has 0 aliphatic rings. The number of para-hydroxylation sites is 1. The van der Waals surface area contributed by atoms with Crippen LogP contribution >= 0.6 is 0 Å². The zero-order chi connectivity index (χ0) is 15.2. The zero-order valence-electron chi connectivity index (χ0n) is 12.5. The summed E-state index contributed by atoms with van der Waals surface area (Å²) in [5, 5.41) is 12.9. The Morgan fingerprint density at radius 2 is 1.75 bits per heavy atom. The molecule has 0 amide bonds. The van der Waals surface area contributed by atoms with Crippen LogP contribution in [-0.2, 0) is 9.84 Å². The second kappa shape index (κ2) is 7.09. The van der Waals surface area contributed by atoms with E-state index in [1.165, 1.54) is 0 Å². The molecule has 1 aromatic carbocycles. The van der Waals surface area contributed by atoms with Gasteiger partial charge in [-0.1, -0.05) is 32.9 Å². The normalized spacial score (nSPS) is 12.4. The van der Waals surface area contributed by atoms with Crippen molar-refractivity contribution in [2.24, 2.45) is 0 Å². The van der Waals surface area contributed by atoms with Crippen molar-refractivity contribution in [3.63, 3.8) is 0 Å². The first-order valence-electron chi connectivity index (χ1n) is 7.15. The molecule has 0 aliphatic carbocycles. The fourth-order valence-corrected chi connectivity index (χ4v) is 3.69. The molecule has 0 aliphatic heterocycles. The van der Waals surface area contributed by atoms with E-state index in [0.717, 1.165) is 12.8 Å². The van der Waals surface area contributed by atoms with E-state index in [4.69, 9.17) is 0 Å². The van der Waals surface area contributed by atoms with Crippen LogP contribution in [0.3, 0.4) is 0 Å². The number of nitrogens with one attached hydrogen (secondary N) is 1. The Bertz CT molecular complexity index is 513. The minimum Gasteiger partial charge on any atom is -0.394 e. The van der Waals surface area contributed by atoms with Gasteiger partial charge in [0.05, 0.1) is 28.5 Å². The number of sulfone groups is 1. The molecule has 0 heterocycles. The van der Waals surface area contributed by atoms with Crippen LogP contribution in [0.25, 0.3) is 0 Å². The van der Waals surface area contributed by atoms with Crippen molar-refractivity contribution in [1.29, 1.82) is 0 Å². The fourth-order valence-electron chi connectivity index (χ4n) is 2.20. The van der Waals surface area contributed by atoms with Crippen LogP contribution in [-0.4, -0.2) is 31.4 Å². The maximum absolute atomic E-state index is 12.3. The largest absolute Gasteiger partial charge is 0.394 e. The van der Waals surface area contributed by atoms with Gasteiger partial charge in [0.15, 0.2) is 9.84 Å². The van der Waals surface area contributed by atoms with Crippen molar-refractivity contribution in [2.75, 3.05) is 17.7 Å². The van der Waals surface area contributed by atoms with Crippen LogP contribution in [0, 0.1) is 0 Å². The summed E-state index contributed by atoms with van der Waals surface area (Å²) < 4.78 is 24.6. The summed E-state index contributed by atoms with van der Waals surface area (Å²) in [4.78, 5) is 0.321. The smallest absolute Gasteiger partial charge is 0.180 e. The van der Waals surface area contributed by atoms with Crippen molar-refractivity contribution in [2.45, 2.75) is 50.5 Å². The van der Waals surface area contributed by atoms with E-state index in [0.29, 0.717) is 17.0 Å². The lowest BCUT2D eigenvalue weighted by molar-refractivity contribution is 0.202. The third-order valence-corrected chi connectivity index (χ3v) is 5.72. The second-order valence-corrected chi connectivity index (χ2v) is 7.16. The molecule has 5 heteroatoms. The third-order valence-electron chi connectivity index (χ3n) is 3.75. The Labute approximate surface area is 122 Å². The average Bonchev–Trinajstić information content (AvgIpc) is 2.45. The van der Waals surface area contributed by atoms with E-state index in [9.17, 15) is 13.5 Å². The van der Waals surface area contributed by atoms with Gasteiger partial charge >= 0.3 is 0 Å². The molecule has 0 spiro atoms. The highest BCUT2D eigenvalue weighted by molar-refractivity contribution is 7.91. The summed E-state index contributed by atoms with van der Waals surface area (Å²) in [5.41, 5.74) is 0.108. The van der Waals surface area contributed by atoms with Gasteiger partial charge < -0.3 is 10.4 Å². The van der Waals surface area contributed by atoms with Crippen molar-refractivity contribution in [1.82, 2.24) is 0 Å². The van der Waals surface area contributed by atoms with Crippen molar-refractivity contribution in [3.8, 4) is 0 Å². The Kier molecular flexibility index (Phi) is 6.02. The maximum Gasteiger partial charge on any atom is 0.180 e. The molecule has 0 unspecified atom stereocenters. The topological polar surface area (TPSA) is 66.4 Å². The van der Waals surface area contributed by atoms with E-state index < -0.39 is 15.4 Å². The van der Waals surface area contributed by atoms with E-state index in [2.05, 4.69) is 5.32 Å². The van der Waals surface area contributed by atoms with Gasteiger partial charge in [-0.25, -0.2) is 8.42 Å². The van der Waals surface area contributed by atoms with E-state index in [1.807, 2.05) is 20.8 Å². The van der Waals surface area contributed by atoms with Gasteiger partial charge in [-0.2, -0.15) is 0 Å². The maximum atomic E-state index is 12.3. The fraction of sp³-hybridized carbons (Fsp3) is 0.600. The highest BCUT2D eigenvalue weighted by atomic mass is 32.2. The predicted octanol–water partition coefficient (Wildman–Crippen LogP) is 2.83. The standard InChI is InChI=1S/C15H25NO3S/c1-4-11-20(18,19)14-10-8-7-9-13(14)16-15(5-2,6-3)12-17/h7-10,16-17H,4-6,11-12H2,1-3H3. The van der Waals surface area contributed by atoms with Crippen molar-refractivity contribution < 1.29 is 13.5 Å². The van der Waals surface area contributed by atoms with Crippen LogP contribution < -0.4 is 5.32 Å². The molecule has 0 saturated carbocycles. The first-order chi connectivity index (χ1) is 9.44. The molecule has 0 atom stereocenters. The third kappa shape index (κ3) is 3.73. The lowest BCUT2D eigenvalue weighted by Gasteiger charge is -2.32. The first kappa shape index (κ1) is 17.0. The summed E-state index contributed by atoms with van der Waals surface area (Å²) in [6.45, 7) is 5.79. The Morgan fingerprint density at radius 1 is 1.15 bits per heavy atom. The quantitative estimate of drug-likeness (QED) is 0.774. The summed E-state index contributed by atoms with van der Waals surface area (Å²) in [5.74, 6) is 0.135. The number of hydrogen-bond acceptors (Lipinski definition) is 4. The summed E-state index contributed by atoms with van der Waals surface area (Å²) in [7, 11) is -3.28. The number of rotatable bonds is 8. The number of hydrogen-bond donors (Lipinski definition) is 2. The van der Waals surface area contributed by atoms with E-state index in [1.54, 1.807) is 24.3 Å². The SMILES string of the molecule is CCCS(=O)(=O)c1ccccc1NC(CC)(CC)CO. The molecule has 0 radical (unpaired) electrons. The van der Waals surface area contributed by atoms with Gasteiger partial charge in [0.1, 0.15) is 0 Å². The van der Waals surface area contributed by atoms with Gasteiger partial charge in [-0.3, -0.25) is 0 Å². The Balaban J connectivity index is 3.21. The minimum atomic E-state index is -3.28. The lowest BCUT2D eigenvalue weighted by Crippen LogP contribution is -2.41. The molecule has 4 nitrogen and oxygen atoms in total. The van der Waals surface area contributed by atoms with Crippen LogP contribution in [0.5, 0.6) is 0 Å². The number of anilines is 1. The van der Waals surface area contributed by atoms with Gasteiger partial charge in [0.25, 0.3) is 0 Å². The van der Waals surface area contributed by atoms with Crippen LogP contribution in [0.15, 0.2) is 29.2 Å². The van der Waals surface area contributed by atoms with Gasteiger partial charge in [-0.15, -0.1) is 0 Å². The predicted molar refractivity (Wildman–Crippen MR) is 82.8 cm³/mol. The van der Waals surface area contributed by atoms with Crippen molar-refractivity contribution >= 4 is 15.5 Å². The van der Waals surface area contributed by atoms with Crippen LogP contribution in [0.2, 0.25) is 0 Å². The molecule has 0 bridgehead atoms. The van der Waals surface area contributed by atoms with Gasteiger partial charge in [0, 0.05) is 0 Å². The molecule has 0 saturated heterocycles. The molecule has 0 fully saturated rings. The number of aliphatic hydroxyl groups is 1. The van der Waals surface area contributed by atoms with Crippen LogP contribution in [0.1, 0.15) is 40.0 Å². The lowest BCUT2D eigenvalue weighted by atomic mass is 9.93. The molecule has 1 rings (SSSR count). The number of benzene rings is 1. The monoisotopic (exact) mass is 299 g/mol. The molecule has 2 N–H and O–H groups in total.